The van der Waals surface area contributed by atoms with Gasteiger partial charge in [-0.05, 0) is 31.5 Å². The lowest BCUT2D eigenvalue weighted by Crippen LogP contribution is -2.37. The zero-order valence-corrected chi connectivity index (χ0v) is 18.2. The van der Waals surface area contributed by atoms with Gasteiger partial charge in [0.2, 0.25) is 0 Å². The highest BCUT2D eigenvalue weighted by atomic mass is 127. The summed E-state index contributed by atoms with van der Waals surface area (Å²) >= 11 is 0. The van der Waals surface area contributed by atoms with E-state index in [1.807, 2.05) is 50.0 Å². The Hall–Kier alpha value is -2.50. The summed E-state index contributed by atoms with van der Waals surface area (Å²) in [5.41, 5.74) is 3.10. The average Bonchev–Trinajstić information content (AvgIpc) is 3.20. The van der Waals surface area contributed by atoms with Gasteiger partial charge in [-0.15, -0.1) is 24.0 Å². The summed E-state index contributed by atoms with van der Waals surface area (Å²) in [6, 6.07) is 6.03. The molecule has 0 atom stereocenters. The Kier molecular flexibility index (Phi) is 7.28. The molecule has 0 saturated heterocycles. The maximum Gasteiger partial charge on any atom is 0.191 e. The van der Waals surface area contributed by atoms with Gasteiger partial charge in [0.05, 0.1) is 12.2 Å². The second-order valence-electron chi connectivity index (χ2n) is 5.94. The number of hydrogen-bond acceptors (Lipinski definition) is 5. The zero-order chi connectivity index (χ0) is 18.5. The van der Waals surface area contributed by atoms with Crippen LogP contribution < -0.4 is 10.6 Å². The van der Waals surface area contributed by atoms with E-state index < -0.39 is 0 Å². The van der Waals surface area contributed by atoms with Crippen LogP contribution >= 0.6 is 24.0 Å². The van der Waals surface area contributed by atoms with Crippen LogP contribution in [-0.2, 0) is 20.1 Å². The van der Waals surface area contributed by atoms with Gasteiger partial charge < -0.3 is 10.6 Å². The molecule has 0 unspecified atom stereocenters. The average molecular weight is 481 g/mol. The normalized spacial score (nSPS) is 11.2. The van der Waals surface area contributed by atoms with E-state index in [-0.39, 0.29) is 24.0 Å². The van der Waals surface area contributed by atoms with Crippen molar-refractivity contribution in [3.05, 3.63) is 53.5 Å². The largest absolute Gasteiger partial charge is 0.352 e. The number of rotatable bonds is 5. The number of halogens is 1. The van der Waals surface area contributed by atoms with Crippen LogP contribution in [-0.4, -0.2) is 42.5 Å². The molecule has 3 rings (SSSR count). The Morgan fingerprint density at radius 2 is 1.93 bits per heavy atom. The number of aliphatic imine (C=N–C) groups is 1. The minimum Gasteiger partial charge on any atom is -0.352 e. The van der Waals surface area contributed by atoms with Crippen molar-refractivity contribution in [3.63, 3.8) is 0 Å². The molecule has 0 fully saturated rings. The minimum atomic E-state index is 0. The highest BCUT2D eigenvalue weighted by Gasteiger charge is 2.06. The van der Waals surface area contributed by atoms with E-state index in [0.717, 1.165) is 28.6 Å². The van der Waals surface area contributed by atoms with Crippen LogP contribution in [0.4, 0.5) is 0 Å². The molecule has 2 N–H and O–H groups in total. The van der Waals surface area contributed by atoms with Crippen LogP contribution in [0.1, 0.15) is 22.8 Å². The first-order valence-corrected chi connectivity index (χ1v) is 8.33. The smallest absolute Gasteiger partial charge is 0.191 e. The van der Waals surface area contributed by atoms with Crippen molar-refractivity contribution in [2.45, 2.75) is 26.9 Å². The van der Waals surface area contributed by atoms with E-state index in [4.69, 9.17) is 0 Å². The number of hydrogen-bond donors (Lipinski definition) is 2. The molecule has 0 saturated carbocycles. The van der Waals surface area contributed by atoms with Crippen molar-refractivity contribution in [2.24, 2.45) is 12.0 Å². The summed E-state index contributed by atoms with van der Waals surface area (Å²) < 4.78 is 3.57. The third kappa shape index (κ3) is 5.25. The number of aryl methyl sites for hydroxylation is 3. The number of nitrogens with one attached hydrogen (secondary N) is 2. The molecular weight excluding hydrogens is 457 g/mol. The summed E-state index contributed by atoms with van der Waals surface area (Å²) in [7, 11) is 3.59. The molecule has 0 aliphatic heterocycles. The van der Waals surface area contributed by atoms with E-state index in [2.05, 4.69) is 35.8 Å². The van der Waals surface area contributed by atoms with Crippen LogP contribution in [0.25, 0.3) is 5.82 Å². The summed E-state index contributed by atoms with van der Waals surface area (Å²) in [6.07, 6.45) is 3.37. The van der Waals surface area contributed by atoms with Crippen molar-refractivity contribution in [2.75, 3.05) is 7.05 Å². The Morgan fingerprint density at radius 3 is 2.48 bits per heavy atom. The Morgan fingerprint density at radius 1 is 1.15 bits per heavy atom. The van der Waals surface area contributed by atoms with Gasteiger partial charge >= 0.3 is 0 Å². The first-order valence-electron chi connectivity index (χ1n) is 8.33. The number of guanidine groups is 1. The van der Waals surface area contributed by atoms with E-state index >= 15 is 0 Å². The molecule has 0 spiro atoms. The van der Waals surface area contributed by atoms with Crippen LogP contribution in [0.5, 0.6) is 0 Å². The third-order valence-corrected chi connectivity index (χ3v) is 3.94. The van der Waals surface area contributed by atoms with Gasteiger partial charge in [-0.25, -0.2) is 14.6 Å². The van der Waals surface area contributed by atoms with E-state index in [1.54, 1.807) is 11.7 Å². The summed E-state index contributed by atoms with van der Waals surface area (Å²) in [4.78, 5) is 12.9. The molecule has 3 aromatic rings. The van der Waals surface area contributed by atoms with Crippen molar-refractivity contribution in [3.8, 4) is 5.82 Å². The quantitative estimate of drug-likeness (QED) is 0.326. The fourth-order valence-corrected chi connectivity index (χ4v) is 2.56. The van der Waals surface area contributed by atoms with E-state index in [1.165, 1.54) is 6.33 Å². The van der Waals surface area contributed by atoms with Gasteiger partial charge in [-0.2, -0.15) is 10.2 Å². The number of pyridine rings is 1. The van der Waals surface area contributed by atoms with Crippen LogP contribution in [0.15, 0.2) is 35.7 Å². The molecule has 0 radical (unpaired) electrons. The second kappa shape index (κ2) is 9.44. The van der Waals surface area contributed by atoms with Crippen molar-refractivity contribution in [1.29, 1.82) is 0 Å². The first-order chi connectivity index (χ1) is 12.6. The van der Waals surface area contributed by atoms with Crippen molar-refractivity contribution < 1.29 is 0 Å². The minimum absolute atomic E-state index is 0. The van der Waals surface area contributed by atoms with Crippen molar-refractivity contribution >= 4 is 29.9 Å². The predicted octanol–water partition coefficient (Wildman–Crippen LogP) is 1.50. The van der Waals surface area contributed by atoms with Gasteiger partial charge in [-0.3, -0.25) is 9.67 Å². The molecule has 9 nitrogen and oxygen atoms in total. The molecule has 0 bridgehead atoms. The van der Waals surface area contributed by atoms with E-state index in [9.17, 15) is 0 Å². The van der Waals surface area contributed by atoms with Crippen LogP contribution in [0.3, 0.4) is 0 Å². The lowest BCUT2D eigenvalue weighted by molar-refractivity contribution is 0.672. The Balaban J connectivity index is 0.00000261. The van der Waals surface area contributed by atoms with Gasteiger partial charge in [0.25, 0.3) is 0 Å². The summed E-state index contributed by atoms with van der Waals surface area (Å²) in [5, 5.41) is 15.0. The monoisotopic (exact) mass is 481 g/mol. The molecule has 0 aliphatic rings. The van der Waals surface area contributed by atoms with Gasteiger partial charge in [0.1, 0.15) is 12.2 Å². The second-order valence-corrected chi connectivity index (χ2v) is 5.94. The molecule has 0 aliphatic carbocycles. The van der Waals surface area contributed by atoms with Gasteiger partial charge in [-0.1, -0.05) is 6.07 Å². The molecule has 0 aromatic carbocycles. The van der Waals surface area contributed by atoms with Crippen LogP contribution in [0.2, 0.25) is 0 Å². The number of nitrogens with zero attached hydrogens (tertiary/aromatic N) is 7. The molecule has 144 valence electrons. The SMILES string of the molecule is CN=C(NCc1ccc(-n2nc(C)cc2C)nc1)NCc1ncnn1C.I. The summed E-state index contributed by atoms with van der Waals surface area (Å²) in [6.45, 7) is 5.15. The lowest BCUT2D eigenvalue weighted by Gasteiger charge is -2.12. The molecule has 3 heterocycles. The summed E-state index contributed by atoms with van der Waals surface area (Å²) in [5.74, 6) is 2.34. The third-order valence-electron chi connectivity index (χ3n) is 3.94. The molecular formula is C17H24IN9. The lowest BCUT2D eigenvalue weighted by atomic mass is 10.3. The van der Waals surface area contributed by atoms with E-state index in [0.29, 0.717) is 19.0 Å². The Bertz CT molecular complexity index is 896. The zero-order valence-electron chi connectivity index (χ0n) is 15.8. The topological polar surface area (TPSA) is 97.8 Å². The number of aromatic nitrogens is 6. The fourth-order valence-electron chi connectivity index (χ4n) is 2.56. The Labute approximate surface area is 175 Å². The molecule has 27 heavy (non-hydrogen) atoms. The van der Waals surface area contributed by atoms with Gasteiger partial charge in [0, 0.05) is 32.5 Å². The highest BCUT2D eigenvalue weighted by Crippen LogP contribution is 2.10. The highest BCUT2D eigenvalue weighted by molar-refractivity contribution is 14.0. The van der Waals surface area contributed by atoms with Crippen molar-refractivity contribution in [1.82, 2.24) is 40.2 Å². The predicted molar refractivity (Wildman–Crippen MR) is 114 cm³/mol. The molecule has 10 heteroatoms. The molecule has 0 amide bonds. The standard InChI is InChI=1S/C17H23N9.HI/c1-12-7-13(2)26(24-12)15-6-5-14(8-19-15)9-20-17(18-3)21-10-16-22-11-23-25(16)4;/h5-8,11H,9-10H2,1-4H3,(H2,18,20,21);1H. The van der Waals surface area contributed by atoms with Crippen LogP contribution in [0, 0.1) is 13.8 Å². The first kappa shape index (κ1) is 20.8. The fraction of sp³-hybridized carbons (Fsp3) is 0.353. The van der Waals surface area contributed by atoms with Gasteiger partial charge in [0.15, 0.2) is 11.8 Å². The maximum atomic E-state index is 4.50. The maximum absolute atomic E-state index is 4.50. The molecule has 3 aromatic heterocycles.